The van der Waals surface area contributed by atoms with E-state index in [2.05, 4.69) is 6.92 Å². The molecule has 0 bridgehead atoms. The molecule has 0 aliphatic heterocycles. The number of hydrogen-bond donors (Lipinski definition) is 0. The molecule has 0 aromatic heterocycles. The number of rotatable bonds is 19. The number of hydrogen-bond acceptors (Lipinski definition) is 3. The van der Waals surface area contributed by atoms with Crippen molar-refractivity contribution in [3.8, 4) is 0 Å². The summed E-state index contributed by atoms with van der Waals surface area (Å²) in [5.74, 6) is 0. The maximum atomic E-state index is 12.6. The van der Waals surface area contributed by atoms with Crippen LogP contribution < -0.4 is 0 Å². The highest BCUT2D eigenvalue weighted by atomic mass is 31.2. The lowest BCUT2D eigenvalue weighted by Crippen LogP contribution is -2.02. The lowest BCUT2D eigenvalue weighted by atomic mass is 10.1. The minimum absolute atomic E-state index is 0.541. The van der Waals surface area contributed by atoms with E-state index in [9.17, 15) is 4.57 Å². The summed E-state index contributed by atoms with van der Waals surface area (Å²) in [6.07, 6.45) is 18.1. The summed E-state index contributed by atoms with van der Waals surface area (Å²) >= 11 is 0. The highest BCUT2D eigenvalue weighted by molar-refractivity contribution is 7.53. The Kier molecular flexibility index (Phi) is 18.1. The molecule has 0 fully saturated rings. The smallest absolute Gasteiger partial charge is 0.309 e. The number of unbranched alkanes of at least 4 members (excludes halogenated alkanes) is 11. The molecule has 0 rings (SSSR count). The predicted molar refractivity (Wildman–Crippen MR) is 106 cm³/mol. The van der Waals surface area contributed by atoms with Crippen LogP contribution in [0.15, 0.2) is 0 Å². The second kappa shape index (κ2) is 18.0. The Bertz CT molecular complexity index is 283. The van der Waals surface area contributed by atoms with Crippen LogP contribution in [0.25, 0.3) is 0 Å². The van der Waals surface area contributed by atoms with Crippen LogP contribution in [0, 0.1) is 0 Å². The molecule has 0 heterocycles. The monoisotopic (exact) mass is 362 g/mol. The molecule has 0 aromatic rings. The van der Waals surface area contributed by atoms with E-state index < -0.39 is 7.60 Å². The first-order valence-electron chi connectivity index (χ1n) is 10.6. The van der Waals surface area contributed by atoms with Crippen molar-refractivity contribution in [2.24, 2.45) is 0 Å². The molecule has 0 aliphatic carbocycles. The van der Waals surface area contributed by atoms with Gasteiger partial charge >= 0.3 is 7.60 Å². The lowest BCUT2D eigenvalue weighted by Gasteiger charge is -2.18. The summed E-state index contributed by atoms with van der Waals surface area (Å²) in [5.41, 5.74) is 0. The van der Waals surface area contributed by atoms with Gasteiger partial charge in [0.2, 0.25) is 0 Å². The van der Waals surface area contributed by atoms with Crippen molar-refractivity contribution >= 4 is 7.60 Å². The van der Waals surface area contributed by atoms with E-state index >= 15 is 0 Å². The maximum absolute atomic E-state index is 12.6. The van der Waals surface area contributed by atoms with Crippen molar-refractivity contribution in [3.05, 3.63) is 0 Å². The minimum atomic E-state index is -2.83. The normalized spacial score (nSPS) is 12.0. The molecule has 0 saturated heterocycles. The Morgan fingerprint density at radius 1 is 0.542 bits per heavy atom. The summed E-state index contributed by atoms with van der Waals surface area (Å²) in [5, 5.41) is 0. The zero-order chi connectivity index (χ0) is 17.9. The molecular formula is C20H43O3P. The van der Waals surface area contributed by atoms with Gasteiger partial charge in [-0.1, -0.05) is 91.4 Å². The summed E-state index contributed by atoms with van der Waals surface area (Å²) in [6.45, 7) is 7.42. The molecule has 0 N–H and O–H groups in total. The first-order chi connectivity index (χ1) is 11.7. The first-order valence-corrected chi connectivity index (χ1v) is 12.3. The van der Waals surface area contributed by atoms with Crippen LogP contribution >= 0.6 is 7.60 Å². The van der Waals surface area contributed by atoms with E-state index in [0.29, 0.717) is 19.4 Å². The van der Waals surface area contributed by atoms with Crippen LogP contribution in [-0.2, 0) is 13.6 Å². The van der Waals surface area contributed by atoms with Gasteiger partial charge in [-0.3, -0.25) is 4.57 Å². The van der Waals surface area contributed by atoms with E-state index in [4.69, 9.17) is 9.05 Å². The van der Waals surface area contributed by atoms with E-state index in [-0.39, 0.29) is 0 Å². The maximum Gasteiger partial charge on any atom is 0.330 e. The Morgan fingerprint density at radius 2 is 0.917 bits per heavy atom. The fourth-order valence-corrected chi connectivity index (χ4v) is 4.64. The first kappa shape index (κ1) is 24.1. The van der Waals surface area contributed by atoms with Crippen molar-refractivity contribution in [3.63, 3.8) is 0 Å². The molecule has 4 heteroatoms. The molecule has 0 aromatic carbocycles. The highest BCUT2D eigenvalue weighted by Crippen LogP contribution is 2.49. The molecule has 0 spiro atoms. The van der Waals surface area contributed by atoms with Gasteiger partial charge in [-0.15, -0.1) is 0 Å². The van der Waals surface area contributed by atoms with E-state index in [0.717, 1.165) is 25.7 Å². The molecule has 3 nitrogen and oxygen atoms in total. The predicted octanol–water partition coefficient (Wildman–Crippen LogP) is 7.73. The van der Waals surface area contributed by atoms with Crippen LogP contribution in [0.4, 0.5) is 0 Å². The third kappa shape index (κ3) is 15.7. The quantitative estimate of drug-likeness (QED) is 0.174. The molecule has 24 heavy (non-hydrogen) atoms. The second-order valence-electron chi connectivity index (χ2n) is 6.89. The zero-order valence-corrected chi connectivity index (χ0v) is 17.6. The van der Waals surface area contributed by atoms with Gasteiger partial charge in [0.25, 0.3) is 0 Å². The van der Waals surface area contributed by atoms with Crippen molar-refractivity contribution in [2.75, 3.05) is 19.4 Å². The van der Waals surface area contributed by atoms with Gasteiger partial charge in [0.1, 0.15) is 0 Å². The van der Waals surface area contributed by atoms with Crippen molar-refractivity contribution in [1.82, 2.24) is 0 Å². The van der Waals surface area contributed by atoms with Gasteiger partial charge in [0.05, 0.1) is 19.4 Å². The molecule has 0 aliphatic rings. The van der Waals surface area contributed by atoms with Gasteiger partial charge in [-0.2, -0.15) is 0 Å². The van der Waals surface area contributed by atoms with E-state index in [1.54, 1.807) is 0 Å². The van der Waals surface area contributed by atoms with Gasteiger partial charge in [-0.05, 0) is 19.3 Å². The lowest BCUT2D eigenvalue weighted by molar-refractivity contribution is 0.204. The van der Waals surface area contributed by atoms with Crippen LogP contribution in [0.1, 0.15) is 111 Å². The van der Waals surface area contributed by atoms with Crippen molar-refractivity contribution in [1.29, 1.82) is 0 Å². The summed E-state index contributed by atoms with van der Waals surface area (Å²) in [6, 6.07) is 0. The second-order valence-corrected chi connectivity index (χ2v) is 9.08. The van der Waals surface area contributed by atoms with Gasteiger partial charge in [0.15, 0.2) is 0 Å². The zero-order valence-electron chi connectivity index (χ0n) is 16.7. The average Bonchev–Trinajstić information content (AvgIpc) is 2.59. The Balaban J connectivity index is 3.52. The van der Waals surface area contributed by atoms with Gasteiger partial charge in [-0.25, -0.2) is 0 Å². The molecule has 0 saturated carbocycles. The largest absolute Gasteiger partial charge is 0.330 e. The van der Waals surface area contributed by atoms with Crippen molar-refractivity contribution < 1.29 is 13.6 Å². The van der Waals surface area contributed by atoms with Crippen LogP contribution in [-0.4, -0.2) is 19.4 Å². The molecule has 0 amide bonds. The summed E-state index contributed by atoms with van der Waals surface area (Å²) in [4.78, 5) is 0. The van der Waals surface area contributed by atoms with Crippen LogP contribution in [0.2, 0.25) is 0 Å². The van der Waals surface area contributed by atoms with Gasteiger partial charge < -0.3 is 9.05 Å². The summed E-state index contributed by atoms with van der Waals surface area (Å²) in [7, 11) is -2.83. The molecule has 146 valence electrons. The Labute approximate surface area is 151 Å². The molecule has 0 unspecified atom stereocenters. The molecule has 0 atom stereocenters. The fraction of sp³-hybridized carbons (Fsp3) is 1.00. The van der Waals surface area contributed by atoms with Crippen molar-refractivity contribution in [2.45, 2.75) is 111 Å². The van der Waals surface area contributed by atoms with Crippen LogP contribution in [0.5, 0.6) is 0 Å². The molecule has 0 radical (unpaired) electrons. The third-order valence-corrected chi connectivity index (χ3v) is 6.29. The highest BCUT2D eigenvalue weighted by Gasteiger charge is 2.23. The third-order valence-electron chi connectivity index (χ3n) is 4.27. The summed E-state index contributed by atoms with van der Waals surface area (Å²) < 4.78 is 23.6. The van der Waals surface area contributed by atoms with E-state index in [1.165, 1.54) is 64.2 Å². The standard InChI is InChI=1S/C20H43O3P/c1-4-7-8-9-10-11-12-13-14-15-16-17-20-24(21,22-18-5-2)23-19-6-3/h4-20H2,1-3H3. The average molecular weight is 363 g/mol. The minimum Gasteiger partial charge on any atom is -0.309 e. The van der Waals surface area contributed by atoms with E-state index in [1.807, 2.05) is 13.8 Å². The SMILES string of the molecule is CCCCCCCCCCCCCCP(=O)(OCCC)OCCC. The Hall–Kier alpha value is 0.150. The molecular weight excluding hydrogens is 319 g/mol. The fourth-order valence-electron chi connectivity index (χ4n) is 2.77. The Morgan fingerprint density at radius 3 is 1.29 bits per heavy atom. The van der Waals surface area contributed by atoms with Gasteiger partial charge in [0, 0.05) is 0 Å². The topological polar surface area (TPSA) is 35.5 Å². The van der Waals surface area contributed by atoms with Crippen LogP contribution in [0.3, 0.4) is 0 Å².